The van der Waals surface area contributed by atoms with Crippen molar-refractivity contribution in [1.82, 2.24) is 0 Å². The predicted molar refractivity (Wildman–Crippen MR) is 80.8 cm³/mol. The Kier molecular flexibility index (Phi) is 6.92. The molecule has 122 valence electrons. The van der Waals surface area contributed by atoms with Gasteiger partial charge < -0.3 is 10.0 Å². The molecule has 0 aliphatic heterocycles. The van der Waals surface area contributed by atoms with Crippen molar-refractivity contribution in [2.45, 2.75) is 6.18 Å². The molecule has 0 atom stereocenters. The van der Waals surface area contributed by atoms with E-state index in [2.05, 4.69) is 15.9 Å². The van der Waals surface area contributed by atoms with Gasteiger partial charge in [0.05, 0.1) is 11.1 Å². The smallest absolute Gasteiger partial charge is 0.423 e. The van der Waals surface area contributed by atoms with E-state index in [1.54, 1.807) is 6.07 Å². The Morgan fingerprint density at radius 2 is 1.61 bits per heavy atom. The first-order chi connectivity index (χ1) is 10.6. The maximum atomic E-state index is 12.6. The average molecular weight is 393 g/mol. The van der Waals surface area contributed by atoms with E-state index in [-0.39, 0.29) is 11.0 Å². The highest BCUT2D eigenvalue weighted by atomic mass is 79.9. The molecule has 2 aromatic carbocycles. The van der Waals surface area contributed by atoms with Gasteiger partial charge in [-0.25, -0.2) is 4.39 Å². The van der Waals surface area contributed by atoms with Crippen LogP contribution < -0.4 is 5.46 Å². The molecule has 23 heavy (non-hydrogen) atoms. The van der Waals surface area contributed by atoms with Crippen LogP contribution in [0.5, 0.6) is 0 Å². The normalized spacial score (nSPS) is 10.6. The quantitative estimate of drug-likeness (QED) is 0.469. The van der Waals surface area contributed by atoms with E-state index in [4.69, 9.17) is 10.0 Å². The highest BCUT2D eigenvalue weighted by molar-refractivity contribution is 9.10. The summed E-state index contributed by atoms with van der Waals surface area (Å²) in [5.74, 6) is -0.496. The van der Waals surface area contributed by atoms with Gasteiger partial charge in [0.2, 0.25) is 0 Å². The first kappa shape index (κ1) is 19.3. The van der Waals surface area contributed by atoms with E-state index in [0.29, 0.717) is 10.8 Å². The maximum absolute atomic E-state index is 12.6. The molecule has 0 fully saturated rings. The summed E-state index contributed by atoms with van der Waals surface area (Å²) in [6, 6.07) is 7.94. The van der Waals surface area contributed by atoms with Crippen molar-refractivity contribution in [3.8, 4) is 0 Å². The summed E-state index contributed by atoms with van der Waals surface area (Å²) >= 11 is 3.07. The van der Waals surface area contributed by atoms with Gasteiger partial charge in [-0.3, -0.25) is 4.79 Å². The number of aldehydes is 1. The molecule has 2 N–H and O–H groups in total. The van der Waals surface area contributed by atoms with E-state index in [9.17, 15) is 22.4 Å². The zero-order valence-electron chi connectivity index (χ0n) is 11.4. The molecule has 0 saturated heterocycles. The fraction of sp³-hybridized carbons (Fsp3) is 0.0714. The first-order valence-corrected chi connectivity index (χ1v) is 6.88. The number of rotatable bonds is 2. The van der Waals surface area contributed by atoms with Crippen LogP contribution in [-0.4, -0.2) is 23.5 Å². The molecule has 0 aliphatic carbocycles. The number of hydrogen-bond acceptors (Lipinski definition) is 3. The van der Waals surface area contributed by atoms with Crippen molar-refractivity contribution in [3.63, 3.8) is 0 Å². The second-order valence-electron chi connectivity index (χ2n) is 4.28. The summed E-state index contributed by atoms with van der Waals surface area (Å²) < 4.78 is 49.2. The zero-order chi connectivity index (χ0) is 17.6. The number of benzene rings is 2. The highest BCUT2D eigenvalue weighted by Gasteiger charge is 2.30. The summed E-state index contributed by atoms with van der Waals surface area (Å²) in [4.78, 5) is 10.1. The van der Waals surface area contributed by atoms with Crippen LogP contribution in [0.3, 0.4) is 0 Å². The average Bonchev–Trinajstić information content (AvgIpc) is 2.47. The van der Waals surface area contributed by atoms with Gasteiger partial charge in [0.15, 0.2) is 6.29 Å². The molecule has 2 rings (SSSR count). The molecule has 0 aromatic heterocycles. The molecule has 0 unspecified atom stereocenters. The van der Waals surface area contributed by atoms with Crippen molar-refractivity contribution in [3.05, 3.63) is 63.9 Å². The Labute approximate surface area is 137 Å². The van der Waals surface area contributed by atoms with Crippen molar-refractivity contribution in [2.75, 3.05) is 0 Å². The van der Waals surface area contributed by atoms with Crippen LogP contribution in [-0.2, 0) is 6.18 Å². The molecular formula is C14H10BBrF4O3. The molecule has 2 aromatic rings. The SMILES string of the molecule is O=Cc1ccc(Br)cc1F.OB(O)c1ccc(C(F)(F)F)cc1. The lowest BCUT2D eigenvalue weighted by Crippen LogP contribution is -2.29. The molecule has 0 radical (unpaired) electrons. The molecule has 0 heterocycles. The van der Waals surface area contributed by atoms with Gasteiger partial charge in [0, 0.05) is 4.47 Å². The molecule has 0 bridgehead atoms. The fourth-order valence-electron chi connectivity index (χ4n) is 1.44. The van der Waals surface area contributed by atoms with Crippen LogP contribution in [0.25, 0.3) is 0 Å². The molecule has 0 saturated carbocycles. The lowest BCUT2D eigenvalue weighted by atomic mass is 9.80. The fourth-order valence-corrected chi connectivity index (χ4v) is 1.77. The number of hydrogen-bond donors (Lipinski definition) is 2. The Morgan fingerprint density at radius 1 is 1.04 bits per heavy atom. The zero-order valence-corrected chi connectivity index (χ0v) is 13.0. The molecule has 3 nitrogen and oxygen atoms in total. The minimum Gasteiger partial charge on any atom is -0.423 e. The summed E-state index contributed by atoms with van der Waals surface area (Å²) in [5.41, 5.74) is -0.687. The number of carbonyl (C=O) groups is 1. The van der Waals surface area contributed by atoms with E-state index >= 15 is 0 Å². The van der Waals surface area contributed by atoms with Crippen LogP contribution in [0.4, 0.5) is 17.6 Å². The van der Waals surface area contributed by atoms with Crippen LogP contribution >= 0.6 is 15.9 Å². The largest absolute Gasteiger partial charge is 0.488 e. The third-order valence-electron chi connectivity index (χ3n) is 2.63. The summed E-state index contributed by atoms with van der Waals surface area (Å²) in [7, 11) is -1.73. The number of carbonyl (C=O) groups excluding carboxylic acids is 1. The number of halogens is 5. The van der Waals surface area contributed by atoms with Crippen LogP contribution in [0.15, 0.2) is 46.9 Å². The molecule has 0 aliphatic rings. The van der Waals surface area contributed by atoms with E-state index in [1.165, 1.54) is 12.1 Å². The Balaban J connectivity index is 0.000000238. The summed E-state index contributed by atoms with van der Waals surface area (Å²) in [6.45, 7) is 0. The monoisotopic (exact) mass is 392 g/mol. The van der Waals surface area contributed by atoms with Crippen molar-refractivity contribution < 1.29 is 32.4 Å². The van der Waals surface area contributed by atoms with Gasteiger partial charge in [0.1, 0.15) is 5.82 Å². The van der Waals surface area contributed by atoms with E-state index in [1.807, 2.05) is 0 Å². The second-order valence-corrected chi connectivity index (χ2v) is 5.19. The van der Waals surface area contributed by atoms with Crippen molar-refractivity contribution >= 4 is 34.8 Å². The number of alkyl halides is 3. The Hall–Kier alpha value is -1.71. The lowest BCUT2D eigenvalue weighted by molar-refractivity contribution is -0.137. The predicted octanol–water partition coefficient (Wildman–Crippen LogP) is 2.79. The van der Waals surface area contributed by atoms with Gasteiger partial charge in [-0.15, -0.1) is 0 Å². The minimum atomic E-state index is -4.39. The Bertz CT molecular complexity index is 660. The second kappa shape index (κ2) is 8.23. The third-order valence-corrected chi connectivity index (χ3v) is 3.12. The Morgan fingerprint density at radius 3 is 2.00 bits per heavy atom. The topological polar surface area (TPSA) is 57.5 Å². The van der Waals surface area contributed by atoms with Gasteiger partial charge >= 0.3 is 13.3 Å². The lowest BCUT2D eigenvalue weighted by Gasteiger charge is -2.06. The molecular weight excluding hydrogens is 383 g/mol. The third kappa shape index (κ3) is 6.13. The van der Waals surface area contributed by atoms with Crippen LogP contribution in [0, 0.1) is 5.82 Å². The van der Waals surface area contributed by atoms with Gasteiger partial charge in [-0.1, -0.05) is 40.2 Å². The molecule has 0 amide bonds. The standard InChI is InChI=1S/C7H6BF3O2.C7H4BrFO/c9-7(10,11)5-1-3-6(4-2-5)8(12)13;8-6-2-1-5(4-10)7(9)3-6/h1-4,12-13H;1-4H. The van der Waals surface area contributed by atoms with Gasteiger partial charge in [-0.05, 0) is 23.7 Å². The minimum absolute atomic E-state index is 0.0352. The van der Waals surface area contributed by atoms with E-state index in [0.717, 1.165) is 24.3 Å². The summed E-state index contributed by atoms with van der Waals surface area (Å²) in [6.07, 6.45) is -3.90. The maximum Gasteiger partial charge on any atom is 0.488 e. The first-order valence-electron chi connectivity index (χ1n) is 6.08. The molecule has 9 heteroatoms. The highest BCUT2D eigenvalue weighted by Crippen LogP contribution is 2.28. The van der Waals surface area contributed by atoms with Crippen molar-refractivity contribution in [2.24, 2.45) is 0 Å². The van der Waals surface area contributed by atoms with E-state index < -0.39 is 24.7 Å². The van der Waals surface area contributed by atoms with Gasteiger partial charge in [0.25, 0.3) is 0 Å². The van der Waals surface area contributed by atoms with Gasteiger partial charge in [-0.2, -0.15) is 13.2 Å². The van der Waals surface area contributed by atoms with Crippen LogP contribution in [0.2, 0.25) is 0 Å². The van der Waals surface area contributed by atoms with Crippen molar-refractivity contribution in [1.29, 1.82) is 0 Å². The molecule has 0 spiro atoms. The van der Waals surface area contributed by atoms with Crippen LogP contribution in [0.1, 0.15) is 15.9 Å². The summed E-state index contributed by atoms with van der Waals surface area (Å²) in [5, 5.41) is 17.2.